The van der Waals surface area contributed by atoms with Gasteiger partial charge < -0.3 is 10.6 Å². The summed E-state index contributed by atoms with van der Waals surface area (Å²) >= 11 is 5.78. The van der Waals surface area contributed by atoms with E-state index < -0.39 is 17.5 Å². The summed E-state index contributed by atoms with van der Waals surface area (Å²) in [4.78, 5) is 41.8. The monoisotopic (exact) mass is 435 g/mol. The number of aromatic nitrogens is 1. The Morgan fingerprint density at radius 1 is 1.10 bits per heavy atom. The summed E-state index contributed by atoms with van der Waals surface area (Å²) < 4.78 is 13.4. The van der Waals surface area contributed by atoms with Crippen molar-refractivity contribution < 1.29 is 18.8 Å². The van der Waals surface area contributed by atoms with Gasteiger partial charge in [-0.25, -0.2) is 4.39 Å². The first-order valence-electron chi connectivity index (χ1n) is 9.26. The molecule has 0 unspecified atom stereocenters. The average Bonchev–Trinajstić information content (AvgIpc) is 2.78. The van der Waals surface area contributed by atoms with Crippen molar-refractivity contribution in [3.05, 3.63) is 99.6 Å². The third kappa shape index (κ3) is 4.36. The van der Waals surface area contributed by atoms with Gasteiger partial charge in [0.25, 0.3) is 11.8 Å². The van der Waals surface area contributed by atoms with E-state index in [9.17, 15) is 18.8 Å². The van der Waals surface area contributed by atoms with Gasteiger partial charge in [-0.1, -0.05) is 17.7 Å². The van der Waals surface area contributed by atoms with Gasteiger partial charge in [-0.3, -0.25) is 19.4 Å². The number of benzene rings is 2. The smallest absolute Gasteiger partial charge is 0.259 e. The second kappa shape index (κ2) is 8.49. The first-order valence-corrected chi connectivity index (χ1v) is 9.64. The van der Waals surface area contributed by atoms with Gasteiger partial charge in [0.15, 0.2) is 0 Å². The van der Waals surface area contributed by atoms with Crippen LogP contribution in [0.15, 0.2) is 66.5 Å². The molecule has 2 N–H and O–H groups in total. The van der Waals surface area contributed by atoms with E-state index in [4.69, 9.17) is 11.6 Å². The molecule has 3 aromatic rings. The molecule has 154 valence electrons. The molecular formula is C23H15ClFN3O3. The summed E-state index contributed by atoms with van der Waals surface area (Å²) in [6.45, 7) is 0.305. The number of hydrogen-bond donors (Lipinski definition) is 2. The number of fused-ring (bicyclic) bond motifs is 1. The minimum Gasteiger partial charge on any atom is -0.348 e. The zero-order valence-corrected chi connectivity index (χ0v) is 16.7. The molecule has 0 fully saturated rings. The highest BCUT2D eigenvalue weighted by Gasteiger charge is 2.29. The molecule has 8 heteroatoms. The Labute approximate surface area is 181 Å². The van der Waals surface area contributed by atoms with E-state index in [1.807, 2.05) is 0 Å². The number of pyridine rings is 1. The number of amides is 2. The third-order valence-electron chi connectivity index (χ3n) is 4.72. The summed E-state index contributed by atoms with van der Waals surface area (Å²) in [7, 11) is 0. The number of ketones is 1. The minimum absolute atomic E-state index is 0.119. The number of nitrogens with one attached hydrogen (secondary N) is 2. The molecule has 0 saturated carbocycles. The van der Waals surface area contributed by atoms with Crippen molar-refractivity contribution in [2.45, 2.75) is 6.54 Å². The number of carbonyl (C=O) groups excluding carboxylic acids is 3. The quantitative estimate of drug-likeness (QED) is 0.478. The summed E-state index contributed by atoms with van der Waals surface area (Å²) in [5, 5.41) is 5.30. The van der Waals surface area contributed by atoms with Gasteiger partial charge in [-0.05, 0) is 59.7 Å². The molecule has 0 atom stereocenters. The second-order valence-corrected chi connectivity index (χ2v) is 7.22. The standard InChI is InChI=1S/C23H15ClFN3O3/c24-18-10-14(1-3-19(18)25)9-17-21(29)16-11-15(2-4-20(16)28-23(17)31)22(30)27-12-13-5-7-26-8-6-13/h1-11H,12H2,(H,27,30)(H,28,31)/b17-9+. The zero-order valence-electron chi connectivity index (χ0n) is 16.0. The first-order chi connectivity index (χ1) is 14.9. The summed E-state index contributed by atoms with van der Waals surface area (Å²) in [6.07, 6.45) is 4.59. The normalized spacial score (nSPS) is 14.2. The van der Waals surface area contributed by atoms with Gasteiger partial charge in [0.2, 0.25) is 5.78 Å². The Hall–Kier alpha value is -3.84. The molecule has 2 amide bonds. The van der Waals surface area contributed by atoms with Crippen molar-refractivity contribution in [1.82, 2.24) is 10.3 Å². The van der Waals surface area contributed by atoms with Gasteiger partial charge in [-0.2, -0.15) is 0 Å². The van der Waals surface area contributed by atoms with Gasteiger partial charge in [-0.15, -0.1) is 0 Å². The molecule has 31 heavy (non-hydrogen) atoms. The molecule has 1 aliphatic heterocycles. The maximum absolute atomic E-state index is 13.4. The molecule has 0 saturated heterocycles. The van der Waals surface area contributed by atoms with Crippen molar-refractivity contribution >= 4 is 41.0 Å². The number of rotatable bonds is 4. The average molecular weight is 436 g/mol. The molecule has 6 nitrogen and oxygen atoms in total. The molecule has 2 aromatic carbocycles. The number of hydrogen-bond acceptors (Lipinski definition) is 4. The number of Topliss-reactive ketones (excluding diaryl/α,β-unsaturated/α-hetero) is 1. The Morgan fingerprint density at radius 3 is 2.61 bits per heavy atom. The SMILES string of the molecule is O=C1Nc2ccc(C(=O)NCc3ccncc3)cc2C(=O)/C1=C\c1ccc(F)c(Cl)c1. The molecular weight excluding hydrogens is 421 g/mol. The Bertz CT molecular complexity index is 1240. The molecule has 4 rings (SSSR count). The van der Waals surface area contributed by atoms with E-state index in [1.54, 1.807) is 24.5 Å². The summed E-state index contributed by atoms with van der Waals surface area (Å²) in [6, 6.07) is 11.9. The van der Waals surface area contributed by atoms with Crippen LogP contribution in [0.3, 0.4) is 0 Å². The zero-order chi connectivity index (χ0) is 22.0. The number of carbonyl (C=O) groups is 3. The third-order valence-corrected chi connectivity index (χ3v) is 5.01. The molecule has 0 spiro atoms. The van der Waals surface area contributed by atoms with E-state index in [2.05, 4.69) is 15.6 Å². The van der Waals surface area contributed by atoms with Crippen LogP contribution in [0.2, 0.25) is 5.02 Å². The molecule has 2 heterocycles. The Morgan fingerprint density at radius 2 is 1.87 bits per heavy atom. The van der Waals surface area contributed by atoms with E-state index in [0.717, 1.165) is 11.6 Å². The van der Waals surface area contributed by atoms with E-state index in [1.165, 1.54) is 36.4 Å². The topological polar surface area (TPSA) is 88.2 Å². The molecule has 1 aromatic heterocycles. The second-order valence-electron chi connectivity index (χ2n) is 6.81. The number of anilines is 1. The van der Waals surface area contributed by atoms with Crippen LogP contribution < -0.4 is 10.6 Å². The molecule has 0 radical (unpaired) electrons. The van der Waals surface area contributed by atoms with E-state index >= 15 is 0 Å². The van der Waals surface area contributed by atoms with Gasteiger partial charge in [0.05, 0.1) is 16.3 Å². The maximum atomic E-state index is 13.4. The van der Waals surface area contributed by atoms with Gasteiger partial charge >= 0.3 is 0 Å². The van der Waals surface area contributed by atoms with Gasteiger partial charge in [0, 0.05) is 30.1 Å². The fourth-order valence-electron chi connectivity index (χ4n) is 3.11. The minimum atomic E-state index is -0.601. The Balaban J connectivity index is 1.59. The lowest BCUT2D eigenvalue weighted by molar-refractivity contribution is -0.112. The van der Waals surface area contributed by atoms with Crippen LogP contribution in [0.1, 0.15) is 31.8 Å². The lowest BCUT2D eigenvalue weighted by Gasteiger charge is -2.19. The van der Waals surface area contributed by atoms with E-state index in [0.29, 0.717) is 17.8 Å². The van der Waals surface area contributed by atoms with Crippen LogP contribution in [-0.2, 0) is 11.3 Å². The fourth-order valence-corrected chi connectivity index (χ4v) is 3.29. The lowest BCUT2D eigenvalue weighted by Crippen LogP contribution is -2.28. The largest absolute Gasteiger partial charge is 0.348 e. The van der Waals surface area contributed by atoms with Crippen LogP contribution >= 0.6 is 11.6 Å². The van der Waals surface area contributed by atoms with Crippen molar-refractivity contribution in [1.29, 1.82) is 0 Å². The van der Waals surface area contributed by atoms with E-state index in [-0.39, 0.29) is 27.6 Å². The fraction of sp³-hybridized carbons (Fsp3) is 0.0435. The van der Waals surface area contributed by atoms with Crippen LogP contribution in [-0.4, -0.2) is 22.6 Å². The predicted octanol–water partition coefficient (Wildman–Crippen LogP) is 4.02. The van der Waals surface area contributed by atoms with Gasteiger partial charge in [0.1, 0.15) is 5.82 Å². The molecule has 0 aliphatic carbocycles. The maximum Gasteiger partial charge on any atom is 0.259 e. The van der Waals surface area contributed by atoms with Crippen molar-refractivity contribution in [3.8, 4) is 0 Å². The van der Waals surface area contributed by atoms with Crippen LogP contribution in [0, 0.1) is 5.82 Å². The highest BCUT2D eigenvalue weighted by molar-refractivity contribution is 6.36. The van der Waals surface area contributed by atoms with Crippen LogP contribution in [0.4, 0.5) is 10.1 Å². The summed E-state index contributed by atoms with van der Waals surface area (Å²) in [5.41, 5.74) is 1.93. The Kier molecular flexibility index (Phi) is 5.60. The number of nitrogens with zero attached hydrogens (tertiary/aromatic N) is 1. The predicted molar refractivity (Wildman–Crippen MR) is 114 cm³/mol. The van der Waals surface area contributed by atoms with Crippen molar-refractivity contribution in [2.75, 3.05) is 5.32 Å². The highest BCUT2D eigenvalue weighted by atomic mass is 35.5. The molecule has 1 aliphatic rings. The van der Waals surface area contributed by atoms with Crippen molar-refractivity contribution in [3.63, 3.8) is 0 Å². The van der Waals surface area contributed by atoms with Crippen LogP contribution in [0.25, 0.3) is 6.08 Å². The first kappa shape index (κ1) is 20.4. The number of halogens is 2. The lowest BCUT2D eigenvalue weighted by atomic mass is 9.93. The van der Waals surface area contributed by atoms with Crippen LogP contribution in [0.5, 0.6) is 0 Å². The highest BCUT2D eigenvalue weighted by Crippen LogP contribution is 2.28. The summed E-state index contributed by atoms with van der Waals surface area (Å²) in [5.74, 6) is -2.09. The van der Waals surface area contributed by atoms with Crippen molar-refractivity contribution in [2.24, 2.45) is 0 Å². The molecule has 0 bridgehead atoms.